The molecule has 0 N–H and O–H groups in total. The van der Waals surface area contributed by atoms with E-state index in [2.05, 4.69) is 5.10 Å². The molecule has 2 amide bonds. The minimum atomic E-state index is -0.510. The molecule has 1 fully saturated rings. The van der Waals surface area contributed by atoms with E-state index in [9.17, 15) is 14.4 Å². The van der Waals surface area contributed by atoms with Gasteiger partial charge in [0, 0.05) is 18.7 Å². The number of rotatable bonds is 5. The van der Waals surface area contributed by atoms with Crippen LogP contribution in [0.4, 0.5) is 5.69 Å². The van der Waals surface area contributed by atoms with Gasteiger partial charge in [0.1, 0.15) is 0 Å². The van der Waals surface area contributed by atoms with Gasteiger partial charge < -0.3 is 9.64 Å². The van der Waals surface area contributed by atoms with Crippen molar-refractivity contribution in [2.24, 2.45) is 16.9 Å². The van der Waals surface area contributed by atoms with Crippen LogP contribution in [0.25, 0.3) is 0 Å². The van der Waals surface area contributed by atoms with Crippen LogP contribution in [0.1, 0.15) is 43.2 Å². The molecule has 0 radical (unpaired) electrons. The van der Waals surface area contributed by atoms with E-state index in [1.807, 2.05) is 59.5 Å². The molecule has 0 aromatic heterocycles. The first kappa shape index (κ1) is 22.3. The predicted molar refractivity (Wildman–Crippen MR) is 128 cm³/mol. The topological polar surface area (TPSA) is 79.3 Å². The molecule has 34 heavy (non-hydrogen) atoms. The summed E-state index contributed by atoms with van der Waals surface area (Å²) in [5, 5.41) is 5.79. The van der Waals surface area contributed by atoms with Gasteiger partial charge in [-0.05, 0) is 36.5 Å². The van der Waals surface area contributed by atoms with Crippen LogP contribution in [0.2, 0.25) is 0 Å². The van der Waals surface area contributed by atoms with Gasteiger partial charge in [0.25, 0.3) is 5.91 Å². The highest BCUT2D eigenvalue weighted by Gasteiger charge is 2.40. The molecule has 2 heterocycles. The van der Waals surface area contributed by atoms with Gasteiger partial charge >= 0.3 is 5.97 Å². The van der Waals surface area contributed by atoms with E-state index in [-0.39, 0.29) is 18.4 Å². The van der Waals surface area contributed by atoms with Gasteiger partial charge in [-0.3, -0.25) is 14.4 Å². The maximum Gasteiger partial charge on any atom is 0.310 e. The van der Waals surface area contributed by atoms with Crippen molar-refractivity contribution in [3.05, 3.63) is 65.7 Å². The van der Waals surface area contributed by atoms with Gasteiger partial charge in [-0.1, -0.05) is 61.4 Å². The zero-order valence-corrected chi connectivity index (χ0v) is 19.2. The van der Waals surface area contributed by atoms with E-state index in [0.717, 1.165) is 41.8 Å². The van der Waals surface area contributed by atoms with Crippen molar-refractivity contribution in [1.82, 2.24) is 5.01 Å². The molecule has 3 aliphatic rings. The van der Waals surface area contributed by atoms with Gasteiger partial charge in [-0.25, -0.2) is 5.01 Å². The lowest BCUT2D eigenvalue weighted by molar-refractivity contribution is -0.159. The number of benzene rings is 2. The number of carbonyl (C=O) groups excluding carboxylic acids is 3. The fourth-order valence-electron chi connectivity index (χ4n) is 5.26. The van der Waals surface area contributed by atoms with Crippen LogP contribution >= 0.6 is 0 Å². The summed E-state index contributed by atoms with van der Waals surface area (Å²) >= 11 is 0. The monoisotopic (exact) mass is 459 g/mol. The number of hydrogen-bond donors (Lipinski definition) is 0. The van der Waals surface area contributed by atoms with Crippen molar-refractivity contribution >= 4 is 29.2 Å². The van der Waals surface area contributed by atoms with E-state index >= 15 is 0 Å². The maximum absolute atomic E-state index is 13.4. The van der Waals surface area contributed by atoms with E-state index < -0.39 is 17.8 Å². The Bertz CT molecular complexity index is 1110. The normalized spacial score (nSPS) is 21.7. The van der Waals surface area contributed by atoms with Gasteiger partial charge in [-0.2, -0.15) is 5.10 Å². The third kappa shape index (κ3) is 4.47. The number of hydrazone groups is 1. The summed E-state index contributed by atoms with van der Waals surface area (Å²) in [7, 11) is 0. The van der Waals surface area contributed by atoms with Crippen LogP contribution in [0.5, 0.6) is 0 Å². The minimum absolute atomic E-state index is 0.00503. The Morgan fingerprint density at radius 1 is 0.882 bits per heavy atom. The Morgan fingerprint density at radius 2 is 1.62 bits per heavy atom. The summed E-state index contributed by atoms with van der Waals surface area (Å²) < 4.78 is 5.44. The molecule has 7 heteroatoms. The van der Waals surface area contributed by atoms with Crippen molar-refractivity contribution in [3.63, 3.8) is 0 Å². The van der Waals surface area contributed by atoms with Crippen molar-refractivity contribution in [2.75, 3.05) is 24.6 Å². The van der Waals surface area contributed by atoms with Crippen LogP contribution in [0.15, 0.2) is 59.7 Å². The third-order valence-electron chi connectivity index (χ3n) is 7.07. The van der Waals surface area contributed by atoms with E-state index in [1.165, 1.54) is 5.01 Å². The number of fused-ring (bicyclic) bond motifs is 1. The molecule has 5 rings (SSSR count). The number of esters is 1. The Balaban J connectivity index is 1.20. The average Bonchev–Trinajstić information content (AvgIpc) is 3.55. The fourth-order valence-corrected chi connectivity index (χ4v) is 5.26. The number of para-hydroxylation sites is 1. The fraction of sp³-hybridized carbons (Fsp3) is 0.407. The van der Waals surface area contributed by atoms with Crippen molar-refractivity contribution in [2.45, 2.75) is 38.5 Å². The van der Waals surface area contributed by atoms with Crippen LogP contribution in [0.3, 0.4) is 0 Å². The molecule has 0 bridgehead atoms. The molecule has 1 aliphatic carbocycles. The van der Waals surface area contributed by atoms with Crippen LogP contribution in [-0.2, 0) is 25.5 Å². The Labute approximate surface area is 199 Å². The Hall–Kier alpha value is -3.48. The lowest BCUT2D eigenvalue weighted by Crippen LogP contribution is -2.43. The summed E-state index contributed by atoms with van der Waals surface area (Å²) in [5.41, 5.74) is 3.95. The number of nitrogens with zero attached hydrogens (tertiary/aromatic N) is 3. The smallest absolute Gasteiger partial charge is 0.310 e. The second kappa shape index (κ2) is 9.79. The number of carbonyl (C=O) groups is 3. The lowest BCUT2D eigenvalue weighted by atomic mass is 9.78. The first-order chi connectivity index (χ1) is 16.6. The molecule has 2 aliphatic heterocycles. The quantitative estimate of drug-likeness (QED) is 0.641. The number of amides is 2. The van der Waals surface area contributed by atoms with Gasteiger partial charge in [0.15, 0.2) is 6.61 Å². The Morgan fingerprint density at radius 3 is 2.44 bits per heavy atom. The first-order valence-electron chi connectivity index (χ1n) is 12.1. The Kier molecular flexibility index (Phi) is 6.43. The SMILES string of the molecule is O=C(OCC(=O)N1CCC(c2ccccc2)=N1)C1CCCCC1C(=O)N1CCc2ccccc21. The summed E-state index contributed by atoms with van der Waals surface area (Å²) in [6.45, 7) is 0.763. The molecular weight excluding hydrogens is 430 g/mol. The molecule has 0 spiro atoms. The predicted octanol–water partition coefficient (Wildman–Crippen LogP) is 3.56. The van der Waals surface area contributed by atoms with E-state index in [0.29, 0.717) is 32.4 Å². The summed E-state index contributed by atoms with van der Waals surface area (Å²) in [5.74, 6) is -1.72. The molecule has 2 unspecified atom stereocenters. The number of hydrogen-bond acceptors (Lipinski definition) is 5. The van der Waals surface area contributed by atoms with Gasteiger partial charge in [0.2, 0.25) is 5.91 Å². The maximum atomic E-state index is 13.4. The van der Waals surface area contributed by atoms with Crippen LogP contribution in [-0.4, -0.2) is 48.2 Å². The molecule has 2 aromatic carbocycles. The second-order valence-corrected chi connectivity index (χ2v) is 9.15. The zero-order valence-electron chi connectivity index (χ0n) is 19.2. The number of ether oxygens (including phenoxy) is 1. The van der Waals surface area contributed by atoms with E-state index in [1.54, 1.807) is 0 Å². The molecule has 1 saturated carbocycles. The molecule has 0 saturated heterocycles. The summed E-state index contributed by atoms with van der Waals surface area (Å²) in [4.78, 5) is 40.9. The van der Waals surface area contributed by atoms with Crippen molar-refractivity contribution in [3.8, 4) is 0 Å². The first-order valence-corrected chi connectivity index (χ1v) is 12.1. The second-order valence-electron chi connectivity index (χ2n) is 9.15. The molecule has 2 aromatic rings. The van der Waals surface area contributed by atoms with Gasteiger partial charge in [0.05, 0.1) is 24.1 Å². The standard InChI is InChI=1S/C27H29N3O4/c31-25(30-17-15-23(28-30)19-8-2-1-3-9-19)18-34-27(33)22-12-6-5-11-21(22)26(32)29-16-14-20-10-4-7-13-24(20)29/h1-4,7-10,13,21-22H,5-6,11-12,14-18H2. The third-order valence-corrected chi connectivity index (χ3v) is 7.07. The molecule has 2 atom stereocenters. The van der Waals surface area contributed by atoms with E-state index in [4.69, 9.17) is 4.74 Å². The van der Waals surface area contributed by atoms with Gasteiger partial charge in [-0.15, -0.1) is 0 Å². The molecule has 176 valence electrons. The highest BCUT2D eigenvalue weighted by Crippen LogP contribution is 2.36. The largest absolute Gasteiger partial charge is 0.455 e. The lowest BCUT2D eigenvalue weighted by Gasteiger charge is -2.32. The highest BCUT2D eigenvalue weighted by atomic mass is 16.5. The molecular formula is C27H29N3O4. The van der Waals surface area contributed by atoms with Crippen LogP contribution in [0, 0.1) is 11.8 Å². The van der Waals surface area contributed by atoms with Crippen LogP contribution < -0.4 is 4.90 Å². The average molecular weight is 460 g/mol. The summed E-state index contributed by atoms with van der Waals surface area (Å²) in [6.07, 6.45) is 4.57. The highest BCUT2D eigenvalue weighted by molar-refractivity contribution is 6.03. The summed E-state index contributed by atoms with van der Waals surface area (Å²) in [6, 6.07) is 17.7. The van der Waals surface area contributed by atoms with Crippen molar-refractivity contribution < 1.29 is 19.1 Å². The zero-order chi connectivity index (χ0) is 23.5. The minimum Gasteiger partial charge on any atom is -0.455 e. The number of anilines is 1. The molecule has 7 nitrogen and oxygen atoms in total. The van der Waals surface area contributed by atoms with Crippen molar-refractivity contribution in [1.29, 1.82) is 0 Å².